The third-order valence-corrected chi connectivity index (χ3v) is 3.79. The predicted molar refractivity (Wildman–Crippen MR) is 88.5 cm³/mol. The number of benzene rings is 1. The van der Waals surface area contributed by atoms with Crippen molar-refractivity contribution < 1.29 is 4.39 Å². The Morgan fingerprint density at radius 3 is 2.24 bits per heavy atom. The molecule has 1 aromatic carbocycles. The Kier molecular flexibility index (Phi) is 4.93. The Bertz CT molecular complexity index is 624. The van der Waals surface area contributed by atoms with Crippen molar-refractivity contribution in [3.63, 3.8) is 0 Å². The van der Waals surface area contributed by atoms with Crippen molar-refractivity contribution in [1.82, 2.24) is 9.97 Å². The number of anilines is 1. The number of alkyl halides is 1. The van der Waals surface area contributed by atoms with Crippen LogP contribution in [-0.2, 0) is 5.33 Å². The van der Waals surface area contributed by atoms with Gasteiger partial charge in [-0.25, -0.2) is 14.4 Å². The number of hydrogen-bond donors (Lipinski definition) is 0. The van der Waals surface area contributed by atoms with E-state index in [0.29, 0.717) is 17.2 Å². The molecule has 0 radical (unpaired) electrons. The Balaban J connectivity index is 2.69. The van der Waals surface area contributed by atoms with E-state index in [4.69, 9.17) is 0 Å². The lowest BCUT2D eigenvalue weighted by molar-refractivity contribution is 0.628. The smallest absolute Gasteiger partial charge is 0.225 e. The second kappa shape index (κ2) is 6.52. The van der Waals surface area contributed by atoms with E-state index in [1.165, 1.54) is 12.1 Å². The maximum Gasteiger partial charge on any atom is 0.225 e. The van der Waals surface area contributed by atoms with Gasteiger partial charge in [0.2, 0.25) is 5.95 Å². The second-order valence-corrected chi connectivity index (χ2v) is 5.99. The predicted octanol–water partition coefficient (Wildman–Crippen LogP) is 4.37. The average molecular weight is 352 g/mol. The van der Waals surface area contributed by atoms with Crippen LogP contribution >= 0.6 is 15.9 Å². The minimum absolute atomic E-state index is 0.245. The molecule has 3 nitrogen and oxygen atoms in total. The molecule has 21 heavy (non-hydrogen) atoms. The van der Waals surface area contributed by atoms with Crippen molar-refractivity contribution in [2.45, 2.75) is 25.1 Å². The monoisotopic (exact) mass is 351 g/mol. The van der Waals surface area contributed by atoms with E-state index in [9.17, 15) is 4.39 Å². The van der Waals surface area contributed by atoms with Crippen LogP contribution in [0.25, 0.3) is 11.3 Å². The number of aromatic nitrogens is 2. The summed E-state index contributed by atoms with van der Waals surface area (Å²) in [5.74, 6) is 0.714. The summed E-state index contributed by atoms with van der Waals surface area (Å²) < 4.78 is 13.1. The fraction of sp³-hybridized carbons (Fsp3) is 0.375. The zero-order valence-electron chi connectivity index (χ0n) is 12.7. The van der Waals surface area contributed by atoms with Crippen molar-refractivity contribution >= 4 is 21.9 Å². The average Bonchev–Trinajstić information content (AvgIpc) is 2.46. The van der Waals surface area contributed by atoms with Gasteiger partial charge in [0.05, 0.1) is 11.4 Å². The molecule has 5 heteroatoms. The molecule has 0 aliphatic rings. The summed E-state index contributed by atoms with van der Waals surface area (Å²) in [4.78, 5) is 11.2. The Morgan fingerprint density at radius 2 is 1.76 bits per heavy atom. The van der Waals surface area contributed by atoms with E-state index in [0.717, 1.165) is 22.5 Å². The zero-order chi connectivity index (χ0) is 15.6. The van der Waals surface area contributed by atoms with E-state index < -0.39 is 0 Å². The third kappa shape index (κ3) is 3.40. The molecule has 0 saturated carbocycles. The summed E-state index contributed by atoms with van der Waals surface area (Å²) in [5.41, 5.74) is 3.83. The van der Waals surface area contributed by atoms with Gasteiger partial charge in [0.1, 0.15) is 5.82 Å². The number of nitrogens with zero attached hydrogens (tertiary/aromatic N) is 3. The standard InChI is InChI=1S/C16H19BrFN3/c1-10(2)14-13(9-17)15(20-16(19-14)21(3)4)11-5-7-12(18)8-6-11/h5-8,10H,9H2,1-4H3. The third-order valence-electron chi connectivity index (χ3n) is 3.23. The molecule has 0 saturated heterocycles. The van der Waals surface area contributed by atoms with Gasteiger partial charge in [0.15, 0.2) is 0 Å². The quantitative estimate of drug-likeness (QED) is 0.766. The largest absolute Gasteiger partial charge is 0.347 e. The summed E-state index contributed by atoms with van der Waals surface area (Å²) >= 11 is 3.53. The first-order chi connectivity index (χ1) is 9.93. The fourth-order valence-electron chi connectivity index (χ4n) is 2.14. The molecule has 0 bridgehead atoms. The second-order valence-electron chi connectivity index (χ2n) is 5.43. The number of halogens is 2. The van der Waals surface area contributed by atoms with Crippen LogP contribution in [0.3, 0.4) is 0 Å². The van der Waals surface area contributed by atoms with Crippen LogP contribution in [-0.4, -0.2) is 24.1 Å². The molecule has 0 unspecified atom stereocenters. The normalized spacial score (nSPS) is 11.0. The molecule has 2 rings (SSSR count). The van der Waals surface area contributed by atoms with E-state index >= 15 is 0 Å². The van der Waals surface area contributed by atoms with Gasteiger partial charge in [0.25, 0.3) is 0 Å². The Hall–Kier alpha value is -1.49. The molecule has 112 valence electrons. The van der Waals surface area contributed by atoms with Crippen LogP contribution in [0.2, 0.25) is 0 Å². The van der Waals surface area contributed by atoms with Crippen LogP contribution in [0.4, 0.5) is 10.3 Å². The minimum Gasteiger partial charge on any atom is -0.347 e. The highest BCUT2D eigenvalue weighted by Gasteiger charge is 2.18. The van der Waals surface area contributed by atoms with Gasteiger partial charge in [-0.2, -0.15) is 0 Å². The number of rotatable bonds is 4. The molecule has 2 aromatic rings. The van der Waals surface area contributed by atoms with Crippen LogP contribution in [0, 0.1) is 5.82 Å². The van der Waals surface area contributed by atoms with Gasteiger partial charge in [-0.3, -0.25) is 0 Å². The zero-order valence-corrected chi connectivity index (χ0v) is 14.3. The van der Waals surface area contributed by atoms with Gasteiger partial charge in [-0.05, 0) is 30.2 Å². The van der Waals surface area contributed by atoms with Crippen molar-refractivity contribution in [3.05, 3.63) is 41.3 Å². The highest BCUT2D eigenvalue weighted by molar-refractivity contribution is 9.08. The summed E-state index contributed by atoms with van der Waals surface area (Å²) in [7, 11) is 3.84. The summed E-state index contributed by atoms with van der Waals surface area (Å²) in [6.07, 6.45) is 0. The number of hydrogen-bond acceptors (Lipinski definition) is 3. The molecule has 0 aliphatic heterocycles. The molecule has 0 fully saturated rings. The van der Waals surface area contributed by atoms with Crippen molar-refractivity contribution in [2.75, 3.05) is 19.0 Å². The van der Waals surface area contributed by atoms with Crippen LogP contribution < -0.4 is 4.90 Å². The van der Waals surface area contributed by atoms with Crippen molar-refractivity contribution in [2.24, 2.45) is 0 Å². The molecule has 0 aliphatic carbocycles. The van der Waals surface area contributed by atoms with Gasteiger partial charge < -0.3 is 4.90 Å². The van der Waals surface area contributed by atoms with Crippen LogP contribution in [0.1, 0.15) is 31.0 Å². The molecular weight excluding hydrogens is 333 g/mol. The van der Waals surface area contributed by atoms with Gasteiger partial charge >= 0.3 is 0 Å². The summed E-state index contributed by atoms with van der Waals surface area (Å²) in [6.45, 7) is 4.23. The van der Waals surface area contributed by atoms with E-state index in [2.05, 4.69) is 39.7 Å². The molecule has 0 atom stereocenters. The first-order valence-electron chi connectivity index (χ1n) is 6.84. The summed E-state index contributed by atoms with van der Waals surface area (Å²) in [5, 5.41) is 0.668. The molecule has 0 amide bonds. The first-order valence-corrected chi connectivity index (χ1v) is 7.96. The minimum atomic E-state index is -0.245. The van der Waals surface area contributed by atoms with Crippen LogP contribution in [0.15, 0.2) is 24.3 Å². The Morgan fingerprint density at radius 1 is 1.14 bits per heavy atom. The molecule has 0 spiro atoms. The first kappa shape index (κ1) is 15.9. The van der Waals surface area contributed by atoms with E-state index in [1.54, 1.807) is 12.1 Å². The SMILES string of the molecule is CC(C)c1nc(N(C)C)nc(-c2ccc(F)cc2)c1CBr. The van der Waals surface area contributed by atoms with Gasteiger partial charge in [-0.15, -0.1) is 0 Å². The molecule has 1 heterocycles. The summed E-state index contributed by atoms with van der Waals surface area (Å²) in [6, 6.07) is 6.43. The molecular formula is C16H19BrFN3. The van der Waals surface area contributed by atoms with Crippen LogP contribution in [0.5, 0.6) is 0 Å². The fourth-order valence-corrected chi connectivity index (χ4v) is 2.70. The van der Waals surface area contributed by atoms with E-state index in [-0.39, 0.29) is 5.82 Å². The lowest BCUT2D eigenvalue weighted by Gasteiger charge is -2.19. The van der Waals surface area contributed by atoms with E-state index in [1.807, 2.05) is 19.0 Å². The highest BCUT2D eigenvalue weighted by Crippen LogP contribution is 2.31. The Labute approximate surface area is 133 Å². The lowest BCUT2D eigenvalue weighted by atomic mass is 10.00. The van der Waals surface area contributed by atoms with Crippen molar-refractivity contribution in [3.8, 4) is 11.3 Å². The molecule has 0 N–H and O–H groups in total. The maximum absolute atomic E-state index is 13.1. The van der Waals surface area contributed by atoms with Gasteiger partial charge in [0, 0.05) is 30.6 Å². The topological polar surface area (TPSA) is 29.0 Å². The molecule has 1 aromatic heterocycles. The van der Waals surface area contributed by atoms with Crippen molar-refractivity contribution in [1.29, 1.82) is 0 Å². The lowest BCUT2D eigenvalue weighted by Crippen LogP contribution is -2.16. The highest BCUT2D eigenvalue weighted by atomic mass is 79.9. The van der Waals surface area contributed by atoms with Gasteiger partial charge in [-0.1, -0.05) is 29.8 Å². The maximum atomic E-state index is 13.1.